The zero-order valence-electron chi connectivity index (χ0n) is 14.3. The van der Waals surface area contributed by atoms with E-state index in [9.17, 15) is 9.90 Å². The molecule has 0 aliphatic heterocycles. The fourth-order valence-corrected chi connectivity index (χ4v) is 7.49. The van der Waals surface area contributed by atoms with Gasteiger partial charge in [-0.1, -0.05) is 26.7 Å². The van der Waals surface area contributed by atoms with Crippen molar-refractivity contribution in [2.24, 2.45) is 34.5 Å². The average Bonchev–Trinajstić information content (AvgIpc) is 2.86. The van der Waals surface area contributed by atoms with Crippen molar-refractivity contribution in [1.82, 2.24) is 0 Å². The molecule has 0 radical (unpaired) electrons. The summed E-state index contributed by atoms with van der Waals surface area (Å²) in [6, 6.07) is 0. The fraction of sp³-hybridized carbons (Fsp3) is 0.950. The summed E-state index contributed by atoms with van der Waals surface area (Å²) in [4.78, 5) is 12.6. The molecule has 7 atom stereocenters. The van der Waals surface area contributed by atoms with Crippen LogP contribution in [-0.2, 0) is 4.79 Å². The molecule has 4 aliphatic carbocycles. The van der Waals surface area contributed by atoms with Crippen molar-refractivity contribution in [2.45, 2.75) is 84.2 Å². The van der Waals surface area contributed by atoms with E-state index in [4.69, 9.17) is 0 Å². The van der Waals surface area contributed by atoms with E-state index in [0.29, 0.717) is 29.0 Å². The molecular formula is C20H32O2. The lowest BCUT2D eigenvalue weighted by Gasteiger charge is -2.61. The third kappa shape index (κ3) is 1.79. The Hall–Kier alpha value is -0.370. The molecule has 0 aromatic rings. The predicted octanol–water partition coefficient (Wildman–Crippen LogP) is 4.35. The van der Waals surface area contributed by atoms with Gasteiger partial charge in [0, 0.05) is 11.8 Å². The maximum atomic E-state index is 12.6. The number of carbonyl (C=O) groups excluding carboxylic acids is 1. The molecule has 4 rings (SSSR count). The number of rotatable bonds is 1. The van der Waals surface area contributed by atoms with Gasteiger partial charge in [0.2, 0.25) is 0 Å². The number of ketones is 1. The Labute approximate surface area is 135 Å². The molecule has 0 heterocycles. The van der Waals surface area contributed by atoms with Crippen molar-refractivity contribution in [3.05, 3.63) is 0 Å². The Kier molecular flexibility index (Phi) is 3.49. The Bertz CT molecular complexity index is 472. The molecule has 4 saturated carbocycles. The van der Waals surface area contributed by atoms with Gasteiger partial charge in [0.05, 0.1) is 6.10 Å². The third-order valence-corrected chi connectivity index (χ3v) is 8.68. The molecule has 0 aromatic carbocycles. The molecule has 0 saturated heterocycles. The second-order valence-electron chi connectivity index (χ2n) is 9.05. The monoisotopic (exact) mass is 304 g/mol. The van der Waals surface area contributed by atoms with E-state index in [-0.39, 0.29) is 11.5 Å². The highest BCUT2D eigenvalue weighted by molar-refractivity contribution is 5.87. The van der Waals surface area contributed by atoms with Crippen LogP contribution in [0.25, 0.3) is 0 Å². The molecular weight excluding hydrogens is 272 g/mol. The molecule has 124 valence electrons. The van der Waals surface area contributed by atoms with Crippen LogP contribution in [0.2, 0.25) is 0 Å². The Morgan fingerprint density at radius 3 is 2.73 bits per heavy atom. The van der Waals surface area contributed by atoms with E-state index in [2.05, 4.69) is 13.8 Å². The summed E-state index contributed by atoms with van der Waals surface area (Å²) < 4.78 is 0. The van der Waals surface area contributed by atoms with Crippen molar-refractivity contribution in [1.29, 1.82) is 0 Å². The smallest absolute Gasteiger partial charge is 0.139 e. The van der Waals surface area contributed by atoms with Crippen LogP contribution >= 0.6 is 0 Å². The van der Waals surface area contributed by atoms with Gasteiger partial charge in [0.25, 0.3) is 0 Å². The van der Waals surface area contributed by atoms with E-state index in [1.54, 1.807) is 0 Å². The summed E-state index contributed by atoms with van der Waals surface area (Å²) in [6.45, 7) is 4.73. The summed E-state index contributed by atoms with van der Waals surface area (Å²) in [5.41, 5.74) is 0.369. The van der Waals surface area contributed by atoms with E-state index in [0.717, 1.165) is 38.0 Å². The van der Waals surface area contributed by atoms with Crippen LogP contribution in [0.1, 0.15) is 78.1 Å². The van der Waals surface area contributed by atoms with Crippen LogP contribution in [0.3, 0.4) is 0 Å². The Morgan fingerprint density at radius 2 is 1.95 bits per heavy atom. The molecule has 0 aromatic heterocycles. The summed E-state index contributed by atoms with van der Waals surface area (Å²) in [7, 11) is 0. The van der Waals surface area contributed by atoms with Gasteiger partial charge in [0.1, 0.15) is 5.78 Å². The molecule has 2 nitrogen and oxygen atoms in total. The lowest BCUT2D eigenvalue weighted by atomic mass is 9.44. The number of hydrogen-bond acceptors (Lipinski definition) is 2. The highest BCUT2D eigenvalue weighted by Gasteiger charge is 2.62. The first-order chi connectivity index (χ1) is 10.5. The van der Waals surface area contributed by atoms with E-state index >= 15 is 0 Å². The summed E-state index contributed by atoms with van der Waals surface area (Å²) in [5.74, 6) is 2.78. The first kappa shape index (κ1) is 15.2. The Morgan fingerprint density at radius 1 is 1.14 bits per heavy atom. The van der Waals surface area contributed by atoms with Crippen LogP contribution < -0.4 is 0 Å². The van der Waals surface area contributed by atoms with Crippen molar-refractivity contribution >= 4 is 5.78 Å². The van der Waals surface area contributed by atoms with Gasteiger partial charge in [-0.25, -0.2) is 0 Å². The fourth-order valence-electron chi connectivity index (χ4n) is 7.49. The summed E-state index contributed by atoms with van der Waals surface area (Å²) in [5, 5.41) is 11.0. The van der Waals surface area contributed by atoms with Crippen molar-refractivity contribution in [3.63, 3.8) is 0 Å². The van der Waals surface area contributed by atoms with Crippen LogP contribution in [-0.4, -0.2) is 17.0 Å². The van der Waals surface area contributed by atoms with Gasteiger partial charge < -0.3 is 5.11 Å². The van der Waals surface area contributed by atoms with Gasteiger partial charge in [0.15, 0.2) is 0 Å². The highest BCUT2D eigenvalue weighted by Crippen LogP contribution is 2.66. The molecule has 0 bridgehead atoms. The highest BCUT2D eigenvalue weighted by atomic mass is 16.3. The number of carbonyl (C=O) groups is 1. The van der Waals surface area contributed by atoms with Crippen LogP contribution in [0.4, 0.5) is 0 Å². The maximum absolute atomic E-state index is 12.6. The van der Waals surface area contributed by atoms with Gasteiger partial charge in [-0.15, -0.1) is 0 Å². The zero-order chi connectivity index (χ0) is 15.5. The second-order valence-corrected chi connectivity index (χ2v) is 9.05. The number of Topliss-reactive ketones (excluding diaryl/α,β-unsaturated/α-hetero) is 1. The Balaban J connectivity index is 1.71. The maximum Gasteiger partial charge on any atom is 0.139 e. The van der Waals surface area contributed by atoms with E-state index in [1.165, 1.54) is 32.1 Å². The number of aliphatic hydroxyl groups excluding tert-OH is 1. The minimum absolute atomic E-state index is 0.0694. The molecule has 4 aliphatic rings. The minimum atomic E-state index is -0.150. The molecule has 22 heavy (non-hydrogen) atoms. The molecule has 1 unspecified atom stereocenters. The normalized spacial score (nSPS) is 54.5. The molecule has 2 heteroatoms. The number of hydrogen-bond donors (Lipinski definition) is 1. The van der Waals surface area contributed by atoms with Crippen molar-refractivity contribution in [3.8, 4) is 0 Å². The largest absolute Gasteiger partial charge is 0.393 e. The number of aliphatic hydroxyl groups is 1. The van der Waals surface area contributed by atoms with Gasteiger partial charge in [-0.3, -0.25) is 4.79 Å². The zero-order valence-corrected chi connectivity index (χ0v) is 14.3. The number of fused-ring (bicyclic) bond motifs is 5. The van der Waals surface area contributed by atoms with Gasteiger partial charge >= 0.3 is 0 Å². The minimum Gasteiger partial charge on any atom is -0.393 e. The summed E-state index contributed by atoms with van der Waals surface area (Å²) in [6.07, 6.45) is 11.3. The predicted molar refractivity (Wildman–Crippen MR) is 87.4 cm³/mol. The van der Waals surface area contributed by atoms with Crippen LogP contribution in [0.15, 0.2) is 0 Å². The summed E-state index contributed by atoms with van der Waals surface area (Å²) >= 11 is 0. The van der Waals surface area contributed by atoms with E-state index < -0.39 is 0 Å². The second kappa shape index (κ2) is 5.06. The third-order valence-electron chi connectivity index (χ3n) is 8.68. The van der Waals surface area contributed by atoms with Crippen LogP contribution in [0.5, 0.6) is 0 Å². The molecule has 4 fully saturated rings. The molecule has 0 amide bonds. The van der Waals surface area contributed by atoms with Gasteiger partial charge in [-0.2, -0.15) is 0 Å². The lowest BCUT2D eigenvalue weighted by molar-refractivity contribution is -0.166. The quantitative estimate of drug-likeness (QED) is 0.782. The first-order valence-corrected chi connectivity index (χ1v) is 9.74. The van der Waals surface area contributed by atoms with Crippen molar-refractivity contribution in [2.75, 3.05) is 0 Å². The molecule has 1 N–H and O–H groups in total. The topological polar surface area (TPSA) is 37.3 Å². The average molecular weight is 304 g/mol. The first-order valence-electron chi connectivity index (χ1n) is 9.74. The van der Waals surface area contributed by atoms with Crippen LogP contribution in [0, 0.1) is 34.5 Å². The SMILES string of the molecule is CC[C@]12CC[C@H]3[C@@H]([C@H](O)CC4CCCC[C@@]43C)[C@@H]1CCC2=O. The molecule has 0 spiro atoms. The lowest BCUT2D eigenvalue weighted by Crippen LogP contribution is -2.58. The van der Waals surface area contributed by atoms with Crippen molar-refractivity contribution < 1.29 is 9.90 Å². The standard InChI is InChI=1S/C20H32O2/c1-3-20-11-9-14-18(15(20)7-8-17(20)22)16(21)12-13-6-4-5-10-19(13,14)2/h13-16,18,21H,3-12H2,1-2H3/t13?,14-,15-,16+,18+,19-,20-/m0/s1. The van der Waals surface area contributed by atoms with E-state index in [1.807, 2.05) is 0 Å². The van der Waals surface area contributed by atoms with Gasteiger partial charge in [-0.05, 0) is 74.0 Å².